The van der Waals surface area contributed by atoms with Gasteiger partial charge < -0.3 is 19.3 Å². The predicted octanol–water partition coefficient (Wildman–Crippen LogP) is 1.29. The van der Waals surface area contributed by atoms with E-state index >= 15 is 0 Å². The van der Waals surface area contributed by atoms with Crippen LogP contribution in [-0.2, 0) is 14.2 Å². The summed E-state index contributed by atoms with van der Waals surface area (Å²) in [5, 5.41) is 10.6. The van der Waals surface area contributed by atoms with Crippen LogP contribution >= 0.6 is 0 Å². The van der Waals surface area contributed by atoms with Crippen molar-refractivity contribution in [3.8, 4) is 0 Å². The second-order valence-corrected chi connectivity index (χ2v) is 6.98. The Morgan fingerprint density at radius 2 is 1.76 bits per heavy atom. The Hall–Kier alpha value is -0.200. The van der Waals surface area contributed by atoms with Crippen LogP contribution in [0.1, 0.15) is 44.9 Å². The number of rotatable bonds is 1. The lowest BCUT2D eigenvalue weighted by Gasteiger charge is -2.51. The van der Waals surface area contributed by atoms with Crippen molar-refractivity contribution in [2.45, 2.75) is 75.0 Å². The molecule has 4 unspecified atom stereocenters. The van der Waals surface area contributed by atoms with E-state index in [0.29, 0.717) is 25.4 Å². The number of aliphatic hydroxyl groups is 1. The molecule has 0 aromatic rings. The van der Waals surface area contributed by atoms with Gasteiger partial charge in [-0.1, -0.05) is 12.8 Å². The second kappa shape index (κ2) is 5.78. The van der Waals surface area contributed by atoms with E-state index < -0.39 is 5.79 Å². The zero-order chi connectivity index (χ0) is 14.3. The van der Waals surface area contributed by atoms with Crippen molar-refractivity contribution in [3.63, 3.8) is 0 Å². The highest BCUT2D eigenvalue weighted by atomic mass is 16.7. The molecule has 2 saturated heterocycles. The fourth-order valence-electron chi connectivity index (χ4n) is 4.75. The minimum absolute atomic E-state index is 0.159. The van der Waals surface area contributed by atoms with Gasteiger partial charge in [-0.25, -0.2) is 0 Å². The molecular weight excluding hydrogens is 270 g/mol. The van der Waals surface area contributed by atoms with E-state index in [9.17, 15) is 5.11 Å². The van der Waals surface area contributed by atoms with Crippen molar-refractivity contribution in [1.29, 1.82) is 0 Å². The highest BCUT2D eigenvalue weighted by Gasteiger charge is 2.49. The number of hydrogen-bond acceptors (Lipinski definition) is 5. The summed E-state index contributed by atoms with van der Waals surface area (Å²) in [6.07, 6.45) is 7.43. The summed E-state index contributed by atoms with van der Waals surface area (Å²) in [5.41, 5.74) is 0. The molecule has 4 aliphatic rings. The molecule has 1 spiro atoms. The van der Waals surface area contributed by atoms with Gasteiger partial charge in [0, 0.05) is 31.5 Å². The average Bonchev–Trinajstić information content (AvgIpc) is 2.98. The maximum Gasteiger partial charge on any atom is 0.170 e. The van der Waals surface area contributed by atoms with Crippen LogP contribution in [0.4, 0.5) is 0 Å². The molecule has 1 N–H and O–H groups in total. The lowest BCUT2D eigenvalue weighted by Crippen LogP contribution is -2.62. The Labute approximate surface area is 126 Å². The lowest BCUT2D eigenvalue weighted by molar-refractivity contribution is -0.217. The lowest BCUT2D eigenvalue weighted by atomic mass is 9.82. The Morgan fingerprint density at radius 1 is 0.952 bits per heavy atom. The number of nitrogens with zero attached hydrogens (tertiary/aromatic N) is 1. The van der Waals surface area contributed by atoms with Gasteiger partial charge in [0.25, 0.3) is 0 Å². The van der Waals surface area contributed by atoms with Gasteiger partial charge in [-0.3, -0.25) is 4.90 Å². The molecule has 0 amide bonds. The number of hydrogen-bond donors (Lipinski definition) is 1. The highest BCUT2D eigenvalue weighted by Crippen LogP contribution is 2.40. The second-order valence-electron chi connectivity index (χ2n) is 6.98. The van der Waals surface area contributed by atoms with Crippen LogP contribution in [0.5, 0.6) is 0 Å². The summed E-state index contributed by atoms with van der Waals surface area (Å²) in [7, 11) is 0. The zero-order valence-electron chi connectivity index (χ0n) is 12.7. The Balaban J connectivity index is 1.52. The molecule has 2 heterocycles. The SMILES string of the molecule is OC1CCC2(CC1N1CCOC3CCCCC31)OCCO2. The molecular formula is C16H27NO4. The first-order valence-electron chi connectivity index (χ1n) is 8.61. The van der Waals surface area contributed by atoms with Gasteiger partial charge >= 0.3 is 0 Å². The first kappa shape index (κ1) is 14.4. The van der Waals surface area contributed by atoms with Crippen LogP contribution in [0.15, 0.2) is 0 Å². The van der Waals surface area contributed by atoms with Crippen molar-refractivity contribution in [2.24, 2.45) is 0 Å². The van der Waals surface area contributed by atoms with Crippen LogP contribution < -0.4 is 0 Å². The van der Waals surface area contributed by atoms with Gasteiger partial charge in [0.15, 0.2) is 5.79 Å². The van der Waals surface area contributed by atoms with Gasteiger partial charge in [-0.05, 0) is 19.3 Å². The molecule has 2 aliphatic heterocycles. The smallest absolute Gasteiger partial charge is 0.170 e. The minimum Gasteiger partial charge on any atom is -0.391 e. The van der Waals surface area contributed by atoms with Crippen molar-refractivity contribution < 1.29 is 19.3 Å². The molecule has 0 bridgehead atoms. The maximum absolute atomic E-state index is 10.6. The third-order valence-corrected chi connectivity index (χ3v) is 5.80. The van der Waals surface area contributed by atoms with Crippen LogP contribution in [0.2, 0.25) is 0 Å². The summed E-state index contributed by atoms with van der Waals surface area (Å²) >= 11 is 0. The molecule has 4 fully saturated rings. The fraction of sp³-hybridized carbons (Fsp3) is 1.00. The van der Waals surface area contributed by atoms with Crippen LogP contribution in [0, 0.1) is 0 Å². The van der Waals surface area contributed by atoms with Crippen molar-refractivity contribution in [1.82, 2.24) is 4.90 Å². The topological polar surface area (TPSA) is 51.2 Å². The molecule has 21 heavy (non-hydrogen) atoms. The summed E-state index contributed by atoms with van der Waals surface area (Å²) in [6, 6.07) is 0.634. The molecule has 0 radical (unpaired) electrons. The normalized spacial score (nSPS) is 43.9. The van der Waals surface area contributed by atoms with Crippen LogP contribution in [-0.4, -0.2) is 66.5 Å². The van der Waals surface area contributed by atoms with Crippen LogP contribution in [0.3, 0.4) is 0 Å². The van der Waals surface area contributed by atoms with E-state index in [2.05, 4.69) is 4.90 Å². The minimum atomic E-state index is -0.424. The number of aliphatic hydroxyl groups excluding tert-OH is 1. The third-order valence-electron chi connectivity index (χ3n) is 5.80. The molecule has 0 aromatic carbocycles. The molecule has 120 valence electrons. The van der Waals surface area contributed by atoms with E-state index in [1.807, 2.05) is 0 Å². The quantitative estimate of drug-likeness (QED) is 0.790. The summed E-state index contributed by atoms with van der Waals surface area (Å²) in [4.78, 5) is 2.52. The first-order valence-corrected chi connectivity index (χ1v) is 8.61. The fourth-order valence-corrected chi connectivity index (χ4v) is 4.75. The molecule has 2 saturated carbocycles. The van der Waals surface area contributed by atoms with E-state index in [-0.39, 0.29) is 12.1 Å². The predicted molar refractivity (Wildman–Crippen MR) is 77.0 cm³/mol. The number of morpholine rings is 1. The zero-order valence-corrected chi connectivity index (χ0v) is 12.7. The largest absolute Gasteiger partial charge is 0.391 e. The first-order chi connectivity index (χ1) is 10.3. The van der Waals surface area contributed by atoms with Gasteiger partial charge in [0.05, 0.1) is 32.0 Å². The van der Waals surface area contributed by atoms with Crippen molar-refractivity contribution >= 4 is 0 Å². The Kier molecular flexibility index (Phi) is 3.96. The van der Waals surface area contributed by atoms with Gasteiger partial charge in [-0.15, -0.1) is 0 Å². The summed E-state index contributed by atoms with van der Waals surface area (Å²) in [6.45, 7) is 3.11. The maximum atomic E-state index is 10.6. The van der Waals surface area contributed by atoms with E-state index in [1.54, 1.807) is 0 Å². The molecule has 5 heteroatoms. The molecule has 2 aliphatic carbocycles. The van der Waals surface area contributed by atoms with E-state index in [1.165, 1.54) is 25.7 Å². The van der Waals surface area contributed by atoms with Gasteiger partial charge in [-0.2, -0.15) is 0 Å². The molecule has 0 aromatic heterocycles. The monoisotopic (exact) mass is 297 g/mol. The highest BCUT2D eigenvalue weighted by molar-refractivity contribution is 4.98. The van der Waals surface area contributed by atoms with Crippen LogP contribution in [0.25, 0.3) is 0 Å². The van der Waals surface area contributed by atoms with Gasteiger partial charge in [0.1, 0.15) is 0 Å². The summed E-state index contributed by atoms with van der Waals surface area (Å²) < 4.78 is 17.8. The van der Waals surface area contributed by atoms with Crippen molar-refractivity contribution in [2.75, 3.05) is 26.4 Å². The molecule has 4 rings (SSSR count). The third kappa shape index (κ3) is 2.63. The van der Waals surface area contributed by atoms with E-state index in [4.69, 9.17) is 14.2 Å². The summed E-state index contributed by atoms with van der Waals surface area (Å²) in [5.74, 6) is -0.424. The Bertz CT molecular complexity index is 369. The number of fused-ring (bicyclic) bond motifs is 1. The van der Waals surface area contributed by atoms with Crippen molar-refractivity contribution in [3.05, 3.63) is 0 Å². The average molecular weight is 297 g/mol. The molecule has 5 nitrogen and oxygen atoms in total. The van der Waals surface area contributed by atoms with Gasteiger partial charge in [0.2, 0.25) is 0 Å². The standard InChI is InChI=1S/C16H27NO4/c18-14-5-6-16(20-9-10-21-16)11-13(14)17-7-8-19-15-4-2-1-3-12(15)17/h12-15,18H,1-11H2. The molecule has 4 atom stereocenters. The Morgan fingerprint density at radius 3 is 2.62 bits per heavy atom. The number of ether oxygens (including phenoxy) is 3. The van der Waals surface area contributed by atoms with E-state index in [0.717, 1.165) is 32.4 Å².